The van der Waals surface area contributed by atoms with E-state index in [0.717, 1.165) is 0 Å². The summed E-state index contributed by atoms with van der Waals surface area (Å²) in [5.41, 5.74) is 0. The molecular weight excluding hydrogens is 508 g/mol. The summed E-state index contributed by atoms with van der Waals surface area (Å²) >= 11 is 7.39. The van der Waals surface area contributed by atoms with Gasteiger partial charge in [0.25, 0.3) is 0 Å². The second-order valence-electron chi connectivity index (χ2n) is 3.19. The van der Waals surface area contributed by atoms with Gasteiger partial charge in [0, 0.05) is 8.07 Å². The molecule has 0 atom stereocenters. The van der Waals surface area contributed by atoms with Crippen molar-refractivity contribution >= 4 is 68.0 Å². The van der Waals surface area contributed by atoms with Crippen LogP contribution >= 0.6 is 59.9 Å². The van der Waals surface area contributed by atoms with Gasteiger partial charge in [0.05, 0.1) is 0 Å². The molecule has 0 heterocycles. The Hall–Kier alpha value is 2.99. The number of rotatable bonds is 0. The minimum atomic E-state index is -0.611. The molecule has 0 saturated carbocycles. The first-order chi connectivity index (χ1) is 3.73. The Morgan fingerprint density at radius 1 is 0.889 bits per heavy atom. The van der Waals surface area contributed by atoms with Gasteiger partial charge in [-0.1, -0.05) is 26.2 Å². The molecule has 0 rings (SSSR count). The normalized spacial score (nSPS) is 10.7. The summed E-state index contributed by atoms with van der Waals surface area (Å²) in [5, 5.41) is 0. The third-order valence-corrected chi connectivity index (χ3v) is 0. The van der Waals surface area contributed by atoms with Gasteiger partial charge in [-0.2, -0.15) is 0 Å². The molecule has 0 N–H and O–H groups in total. The number of halogens is 3. The van der Waals surface area contributed by atoms with Crippen LogP contribution < -0.4 is 0 Å². The Morgan fingerprint density at radius 3 is 0.889 bits per heavy atom. The molecule has 0 aliphatic rings. The van der Waals surface area contributed by atoms with E-state index >= 15 is 0 Å². The van der Waals surface area contributed by atoms with Crippen LogP contribution in [0.2, 0.25) is 26.2 Å². The van der Waals surface area contributed by atoms with Crippen molar-refractivity contribution in [2.24, 2.45) is 0 Å². The van der Waals surface area contributed by atoms with Gasteiger partial charge in [-0.15, -0.1) is 0 Å². The van der Waals surface area contributed by atoms with Crippen molar-refractivity contribution in [2.75, 3.05) is 0 Å². The SMILES string of the molecule is C[Si](C)(C)C.[I][V]([I])[I]. The molecular formula is C4H12I3SiV. The summed E-state index contributed by atoms with van der Waals surface area (Å²) in [6, 6.07) is 0. The van der Waals surface area contributed by atoms with Crippen LogP contribution in [0.1, 0.15) is 0 Å². The summed E-state index contributed by atoms with van der Waals surface area (Å²) < 4.78 is 0. The summed E-state index contributed by atoms with van der Waals surface area (Å²) in [5.74, 6) is 0. The first-order valence-corrected chi connectivity index (χ1v) is 20.0. The van der Waals surface area contributed by atoms with E-state index in [-0.39, 0.29) is 4.92 Å². The Morgan fingerprint density at radius 2 is 0.889 bits per heavy atom. The predicted molar refractivity (Wildman–Crippen MR) is 71.3 cm³/mol. The Bertz CT molecular complexity index is 52.6. The van der Waals surface area contributed by atoms with Crippen LogP contribution in [-0.2, 0) is 4.92 Å². The topological polar surface area (TPSA) is 0 Å². The van der Waals surface area contributed by atoms with Crippen LogP contribution in [0.25, 0.3) is 0 Å². The van der Waals surface area contributed by atoms with E-state index in [9.17, 15) is 0 Å². The van der Waals surface area contributed by atoms with Gasteiger partial charge in [0.2, 0.25) is 0 Å². The van der Waals surface area contributed by atoms with Gasteiger partial charge in [-0.3, -0.25) is 0 Å². The van der Waals surface area contributed by atoms with Crippen molar-refractivity contribution in [3.05, 3.63) is 0 Å². The van der Waals surface area contributed by atoms with Gasteiger partial charge in [0.1, 0.15) is 0 Å². The van der Waals surface area contributed by atoms with Gasteiger partial charge in [0.15, 0.2) is 0 Å². The van der Waals surface area contributed by atoms with Crippen molar-refractivity contribution < 1.29 is 4.92 Å². The summed E-state index contributed by atoms with van der Waals surface area (Å²) in [6.07, 6.45) is 0. The van der Waals surface area contributed by atoms with Gasteiger partial charge >= 0.3 is 64.9 Å². The Kier molecular flexibility index (Phi) is 12.3. The van der Waals surface area contributed by atoms with Gasteiger partial charge in [-0.25, -0.2) is 0 Å². The van der Waals surface area contributed by atoms with E-state index in [0.29, 0.717) is 0 Å². The van der Waals surface area contributed by atoms with E-state index in [1.54, 1.807) is 0 Å². The molecule has 0 spiro atoms. The third kappa shape index (κ3) is 99.3. The van der Waals surface area contributed by atoms with Crippen LogP contribution in [-0.4, -0.2) is 8.07 Å². The average Bonchev–Trinajstić information content (AvgIpc) is 1.19. The maximum absolute atomic E-state index is 2.46. The fraction of sp³-hybridized carbons (Fsp3) is 1.00. The molecule has 0 unspecified atom stereocenters. The monoisotopic (exact) mass is 520 g/mol. The fourth-order valence-electron chi connectivity index (χ4n) is 0. The van der Waals surface area contributed by atoms with Crippen LogP contribution in [0, 0.1) is 0 Å². The second-order valence-corrected chi connectivity index (χ2v) is 44.6. The zero-order valence-corrected chi connectivity index (χ0v) is 15.0. The van der Waals surface area contributed by atoms with Crippen molar-refractivity contribution in [1.82, 2.24) is 0 Å². The van der Waals surface area contributed by atoms with Crippen molar-refractivity contribution in [3.8, 4) is 0 Å². The van der Waals surface area contributed by atoms with Crippen LogP contribution in [0.15, 0.2) is 0 Å². The zero-order valence-electron chi connectivity index (χ0n) is 6.08. The van der Waals surface area contributed by atoms with E-state index in [4.69, 9.17) is 0 Å². The molecule has 0 amide bonds. The summed E-state index contributed by atoms with van der Waals surface area (Å²) in [4.78, 5) is -0.278. The first kappa shape index (κ1) is 14.5. The maximum atomic E-state index is 2.46. The average molecular weight is 520 g/mol. The minimum absolute atomic E-state index is 0.278. The number of hydrogen-bond donors (Lipinski definition) is 0. The summed E-state index contributed by atoms with van der Waals surface area (Å²) in [6.45, 7) is 9.31. The van der Waals surface area contributed by atoms with Crippen LogP contribution in [0.5, 0.6) is 0 Å². The van der Waals surface area contributed by atoms with Crippen molar-refractivity contribution in [1.29, 1.82) is 0 Å². The molecule has 0 bridgehead atoms. The zero-order chi connectivity index (χ0) is 8.08. The van der Waals surface area contributed by atoms with Crippen molar-refractivity contribution in [3.63, 3.8) is 0 Å². The van der Waals surface area contributed by atoms with E-state index in [2.05, 4.69) is 86.1 Å². The van der Waals surface area contributed by atoms with Gasteiger partial charge < -0.3 is 0 Å². The molecule has 0 aromatic heterocycles. The van der Waals surface area contributed by atoms with E-state index in [1.165, 1.54) is 0 Å². The summed E-state index contributed by atoms with van der Waals surface area (Å²) in [7, 11) is -0.611. The Labute approximate surface area is 97.0 Å². The molecule has 0 aliphatic heterocycles. The van der Waals surface area contributed by atoms with Crippen LogP contribution in [0.4, 0.5) is 0 Å². The van der Waals surface area contributed by atoms with Crippen LogP contribution in [0.3, 0.4) is 0 Å². The molecule has 0 aromatic rings. The molecule has 9 heavy (non-hydrogen) atoms. The molecule has 0 fully saturated rings. The standard InChI is InChI=1S/C4H12Si.3HI.V/c1-5(2,3)4;;;;/h1-4H3;3*1H;/q;;;;+3/p-3. The molecule has 58 valence electrons. The molecule has 0 aromatic carbocycles. The van der Waals surface area contributed by atoms with E-state index in [1.807, 2.05) is 0 Å². The molecule has 0 nitrogen and oxygen atoms in total. The fourth-order valence-corrected chi connectivity index (χ4v) is 0. The van der Waals surface area contributed by atoms with Crippen molar-refractivity contribution in [2.45, 2.75) is 26.2 Å². The number of hydrogen-bond acceptors (Lipinski definition) is 0. The Balaban J connectivity index is 0. The molecule has 0 radical (unpaired) electrons. The molecule has 0 saturated heterocycles. The molecule has 5 heteroatoms. The first-order valence-electron chi connectivity index (χ1n) is 2.51. The third-order valence-electron chi connectivity index (χ3n) is 0. The van der Waals surface area contributed by atoms with E-state index < -0.39 is 8.07 Å². The van der Waals surface area contributed by atoms with Gasteiger partial charge in [-0.05, 0) is 0 Å². The quantitative estimate of drug-likeness (QED) is 0.324. The molecule has 0 aliphatic carbocycles. The second kappa shape index (κ2) is 7.63. The predicted octanol–water partition coefficient (Wildman–Crippen LogP) is 4.61.